The van der Waals surface area contributed by atoms with E-state index in [1.165, 1.54) is 6.07 Å². The monoisotopic (exact) mass is 327 g/mol. The van der Waals surface area contributed by atoms with Gasteiger partial charge in [0, 0.05) is 17.7 Å². The fourth-order valence-corrected chi connectivity index (χ4v) is 2.06. The van der Waals surface area contributed by atoms with Crippen LogP contribution in [0.15, 0.2) is 52.9 Å². The molecule has 0 radical (unpaired) electrons. The van der Waals surface area contributed by atoms with Crippen molar-refractivity contribution in [2.24, 2.45) is 0 Å². The molecule has 0 atom stereocenters. The van der Waals surface area contributed by atoms with Crippen molar-refractivity contribution in [2.45, 2.75) is 6.54 Å². The maximum atomic E-state index is 13.5. The predicted molar refractivity (Wildman–Crippen MR) is 83.9 cm³/mol. The summed E-state index contributed by atoms with van der Waals surface area (Å²) in [5, 5.41) is 10.1. The summed E-state index contributed by atoms with van der Waals surface area (Å²) in [6.45, 7) is 0.0335. The molecule has 0 unspecified atom stereocenters. The summed E-state index contributed by atoms with van der Waals surface area (Å²) in [6.07, 6.45) is 0. The van der Waals surface area contributed by atoms with Gasteiger partial charge < -0.3 is 14.5 Å². The first kappa shape index (κ1) is 15.7. The van der Waals surface area contributed by atoms with Crippen molar-refractivity contribution in [3.63, 3.8) is 0 Å². The molecule has 3 rings (SSSR count). The molecular weight excluding hydrogens is 313 g/mol. The van der Waals surface area contributed by atoms with E-state index in [1.807, 2.05) is 0 Å². The van der Waals surface area contributed by atoms with Gasteiger partial charge in [-0.2, -0.15) is 0 Å². The van der Waals surface area contributed by atoms with Crippen LogP contribution in [0.4, 0.5) is 4.39 Å². The summed E-state index contributed by atoms with van der Waals surface area (Å²) < 4.78 is 23.9. The van der Waals surface area contributed by atoms with Gasteiger partial charge in [-0.15, -0.1) is 10.2 Å². The minimum Gasteiger partial charge on any atom is -0.497 e. The van der Waals surface area contributed by atoms with Crippen LogP contribution in [-0.4, -0.2) is 23.2 Å². The molecule has 2 aromatic carbocycles. The molecule has 3 aromatic rings. The van der Waals surface area contributed by atoms with Crippen LogP contribution in [0.25, 0.3) is 11.5 Å². The van der Waals surface area contributed by atoms with Crippen molar-refractivity contribution in [1.82, 2.24) is 15.5 Å². The third kappa shape index (κ3) is 3.40. The van der Waals surface area contributed by atoms with Crippen LogP contribution in [0.3, 0.4) is 0 Å². The zero-order valence-corrected chi connectivity index (χ0v) is 12.8. The largest absolute Gasteiger partial charge is 0.497 e. The Labute approximate surface area is 137 Å². The molecule has 0 saturated heterocycles. The SMILES string of the molecule is COc1ccc(-c2nnc(C(=O)NCc3ccccc3F)o2)cc1. The number of aromatic nitrogens is 2. The highest BCUT2D eigenvalue weighted by Crippen LogP contribution is 2.21. The van der Waals surface area contributed by atoms with Crippen molar-refractivity contribution in [1.29, 1.82) is 0 Å². The Hall–Kier alpha value is -3.22. The van der Waals surface area contributed by atoms with Crippen molar-refractivity contribution >= 4 is 5.91 Å². The Morgan fingerprint density at radius 1 is 1.17 bits per heavy atom. The molecule has 0 saturated carbocycles. The van der Waals surface area contributed by atoms with Crippen LogP contribution in [0, 0.1) is 5.82 Å². The van der Waals surface area contributed by atoms with Gasteiger partial charge in [0.25, 0.3) is 0 Å². The summed E-state index contributed by atoms with van der Waals surface area (Å²) in [6, 6.07) is 13.2. The summed E-state index contributed by atoms with van der Waals surface area (Å²) in [4.78, 5) is 12.0. The quantitative estimate of drug-likeness (QED) is 0.780. The second kappa shape index (κ2) is 6.91. The zero-order chi connectivity index (χ0) is 16.9. The molecule has 1 amide bonds. The van der Waals surface area contributed by atoms with E-state index in [0.717, 1.165) is 0 Å². The highest BCUT2D eigenvalue weighted by atomic mass is 19.1. The molecule has 0 aliphatic rings. The van der Waals surface area contributed by atoms with Crippen LogP contribution < -0.4 is 10.1 Å². The Kier molecular flexibility index (Phi) is 4.51. The first-order chi connectivity index (χ1) is 11.7. The number of amides is 1. The van der Waals surface area contributed by atoms with E-state index < -0.39 is 5.91 Å². The number of benzene rings is 2. The minimum atomic E-state index is -0.564. The fraction of sp³-hybridized carbons (Fsp3) is 0.118. The number of rotatable bonds is 5. The topological polar surface area (TPSA) is 77.2 Å². The van der Waals surface area contributed by atoms with E-state index in [9.17, 15) is 9.18 Å². The number of carbonyl (C=O) groups excluding carboxylic acids is 1. The number of carbonyl (C=O) groups is 1. The second-order valence-electron chi connectivity index (χ2n) is 4.91. The molecule has 1 heterocycles. The third-order valence-electron chi connectivity index (χ3n) is 3.35. The molecule has 7 heteroatoms. The maximum absolute atomic E-state index is 13.5. The van der Waals surface area contributed by atoms with Gasteiger partial charge in [-0.25, -0.2) is 4.39 Å². The van der Waals surface area contributed by atoms with Crippen LogP contribution in [0.5, 0.6) is 5.75 Å². The molecule has 0 spiro atoms. The Morgan fingerprint density at radius 2 is 1.92 bits per heavy atom. The van der Waals surface area contributed by atoms with Gasteiger partial charge in [-0.1, -0.05) is 18.2 Å². The third-order valence-corrected chi connectivity index (χ3v) is 3.35. The molecule has 6 nitrogen and oxygen atoms in total. The molecule has 1 aromatic heterocycles. The van der Waals surface area contributed by atoms with E-state index >= 15 is 0 Å². The number of nitrogens with zero attached hydrogens (tertiary/aromatic N) is 2. The maximum Gasteiger partial charge on any atom is 0.309 e. The van der Waals surface area contributed by atoms with Gasteiger partial charge in [0.2, 0.25) is 5.89 Å². The normalized spacial score (nSPS) is 10.4. The lowest BCUT2D eigenvalue weighted by Crippen LogP contribution is -2.23. The van der Waals surface area contributed by atoms with E-state index in [4.69, 9.17) is 9.15 Å². The second-order valence-corrected chi connectivity index (χ2v) is 4.91. The lowest BCUT2D eigenvalue weighted by Gasteiger charge is -2.03. The van der Waals surface area contributed by atoms with Crippen LogP contribution in [-0.2, 0) is 6.54 Å². The number of hydrogen-bond acceptors (Lipinski definition) is 5. The van der Waals surface area contributed by atoms with Gasteiger partial charge in [0.15, 0.2) is 0 Å². The van der Waals surface area contributed by atoms with Gasteiger partial charge >= 0.3 is 11.8 Å². The standard InChI is InChI=1S/C17H14FN3O3/c1-23-13-8-6-11(7-9-13)16-20-21-17(24-16)15(22)19-10-12-4-2-3-5-14(12)18/h2-9H,10H2,1H3,(H,19,22). The highest BCUT2D eigenvalue weighted by Gasteiger charge is 2.16. The van der Waals surface area contributed by atoms with E-state index in [1.54, 1.807) is 49.6 Å². The molecule has 24 heavy (non-hydrogen) atoms. The van der Waals surface area contributed by atoms with Crippen molar-refractivity contribution in [3.05, 3.63) is 65.8 Å². The Bertz CT molecular complexity index is 846. The number of nitrogens with one attached hydrogen (secondary N) is 1. The summed E-state index contributed by atoms with van der Waals surface area (Å²) in [5.74, 6) is -0.222. The lowest BCUT2D eigenvalue weighted by atomic mass is 10.2. The molecule has 122 valence electrons. The molecule has 0 bridgehead atoms. The average molecular weight is 327 g/mol. The molecule has 1 N–H and O–H groups in total. The van der Waals surface area contributed by atoms with E-state index in [0.29, 0.717) is 16.9 Å². The number of methoxy groups -OCH3 is 1. The fourth-order valence-electron chi connectivity index (χ4n) is 2.06. The zero-order valence-electron chi connectivity index (χ0n) is 12.8. The van der Waals surface area contributed by atoms with Crippen molar-refractivity contribution < 1.29 is 18.3 Å². The van der Waals surface area contributed by atoms with Gasteiger partial charge in [-0.05, 0) is 30.3 Å². The van der Waals surface area contributed by atoms with Gasteiger partial charge in [-0.3, -0.25) is 4.79 Å². The summed E-state index contributed by atoms with van der Waals surface area (Å²) in [7, 11) is 1.57. The number of hydrogen-bond donors (Lipinski definition) is 1. The molecular formula is C17H14FN3O3. The first-order valence-corrected chi connectivity index (χ1v) is 7.17. The van der Waals surface area contributed by atoms with Crippen LogP contribution in [0.2, 0.25) is 0 Å². The van der Waals surface area contributed by atoms with Crippen LogP contribution in [0.1, 0.15) is 16.2 Å². The number of halogens is 1. The molecule has 0 fully saturated rings. The Morgan fingerprint density at radius 3 is 2.62 bits per heavy atom. The lowest BCUT2D eigenvalue weighted by molar-refractivity contribution is 0.0916. The van der Waals surface area contributed by atoms with Crippen molar-refractivity contribution in [3.8, 4) is 17.2 Å². The Balaban J connectivity index is 1.68. The predicted octanol–water partition coefficient (Wildman–Crippen LogP) is 2.81. The molecule has 0 aliphatic carbocycles. The minimum absolute atomic E-state index is 0.0335. The first-order valence-electron chi connectivity index (χ1n) is 7.17. The van der Waals surface area contributed by atoms with E-state index in [-0.39, 0.29) is 24.1 Å². The average Bonchev–Trinajstić information content (AvgIpc) is 3.11. The van der Waals surface area contributed by atoms with E-state index in [2.05, 4.69) is 15.5 Å². The molecule has 0 aliphatic heterocycles. The highest BCUT2D eigenvalue weighted by molar-refractivity contribution is 5.89. The summed E-state index contributed by atoms with van der Waals surface area (Å²) in [5.41, 5.74) is 1.04. The van der Waals surface area contributed by atoms with Gasteiger partial charge in [0.05, 0.1) is 7.11 Å². The summed E-state index contributed by atoms with van der Waals surface area (Å²) >= 11 is 0. The van der Waals surface area contributed by atoms with Gasteiger partial charge in [0.1, 0.15) is 11.6 Å². The van der Waals surface area contributed by atoms with Crippen LogP contribution >= 0.6 is 0 Å². The van der Waals surface area contributed by atoms with Crippen molar-refractivity contribution in [2.75, 3.05) is 7.11 Å². The number of ether oxygens (including phenoxy) is 1. The smallest absolute Gasteiger partial charge is 0.309 e.